The molecular formula is C8H8NO3S-. The molecule has 0 saturated carbocycles. The molecular weight excluding hydrogens is 190 g/mol. The zero-order valence-electron chi connectivity index (χ0n) is 6.94. The maximum absolute atomic E-state index is 10.8. The molecule has 1 amide bonds. The SMILES string of the molecule is Cc1ccc(S(=O)[O-])cc1C(N)=O. The fourth-order valence-corrected chi connectivity index (χ4v) is 1.36. The number of primary amides is 1. The van der Waals surface area contributed by atoms with Crippen molar-refractivity contribution in [3.8, 4) is 0 Å². The second-order valence-electron chi connectivity index (χ2n) is 2.58. The highest BCUT2D eigenvalue weighted by atomic mass is 32.2. The molecule has 0 aliphatic carbocycles. The van der Waals surface area contributed by atoms with Crippen LogP contribution in [0.2, 0.25) is 0 Å². The Morgan fingerprint density at radius 2 is 2.15 bits per heavy atom. The maximum atomic E-state index is 10.8. The molecule has 0 radical (unpaired) electrons. The van der Waals surface area contributed by atoms with E-state index in [1.165, 1.54) is 12.1 Å². The minimum absolute atomic E-state index is 0.0689. The average Bonchev–Trinajstić information content (AvgIpc) is 2.04. The van der Waals surface area contributed by atoms with Crippen molar-refractivity contribution in [3.05, 3.63) is 29.3 Å². The first kappa shape index (κ1) is 9.88. The zero-order valence-corrected chi connectivity index (χ0v) is 7.76. The Labute approximate surface area is 78.0 Å². The number of amides is 1. The Morgan fingerprint density at radius 3 is 2.62 bits per heavy atom. The average molecular weight is 198 g/mol. The van der Waals surface area contributed by atoms with E-state index in [-0.39, 0.29) is 10.5 Å². The molecule has 70 valence electrons. The van der Waals surface area contributed by atoms with Gasteiger partial charge >= 0.3 is 0 Å². The lowest BCUT2D eigenvalue weighted by molar-refractivity contribution is 0.0999. The number of aryl methyl sites for hydroxylation is 1. The van der Waals surface area contributed by atoms with Gasteiger partial charge in [0.15, 0.2) is 0 Å². The Bertz CT molecular complexity index is 376. The summed E-state index contributed by atoms with van der Waals surface area (Å²) in [6, 6.07) is 4.23. The van der Waals surface area contributed by atoms with E-state index >= 15 is 0 Å². The van der Waals surface area contributed by atoms with Crippen LogP contribution in [0, 0.1) is 6.92 Å². The fourth-order valence-electron chi connectivity index (χ4n) is 0.970. The Morgan fingerprint density at radius 1 is 1.54 bits per heavy atom. The Kier molecular flexibility index (Phi) is 2.79. The van der Waals surface area contributed by atoms with Crippen molar-refractivity contribution in [2.45, 2.75) is 11.8 Å². The highest BCUT2D eigenvalue weighted by molar-refractivity contribution is 7.79. The van der Waals surface area contributed by atoms with Crippen LogP contribution in [0.5, 0.6) is 0 Å². The molecule has 0 aliphatic heterocycles. The molecule has 0 aromatic heterocycles. The number of carbonyl (C=O) groups excluding carboxylic acids is 1. The van der Waals surface area contributed by atoms with Gasteiger partial charge in [0.2, 0.25) is 5.91 Å². The molecule has 1 aromatic rings. The molecule has 1 rings (SSSR count). The standard InChI is InChI=1S/C8H9NO3S/c1-5-2-3-6(13(11)12)4-7(5)8(9)10/h2-4H,1H3,(H2,9,10)(H,11,12)/p-1. The highest BCUT2D eigenvalue weighted by Gasteiger charge is 2.05. The molecule has 4 nitrogen and oxygen atoms in total. The first-order valence-corrected chi connectivity index (χ1v) is 4.59. The third-order valence-electron chi connectivity index (χ3n) is 1.67. The van der Waals surface area contributed by atoms with E-state index in [4.69, 9.17) is 5.73 Å². The van der Waals surface area contributed by atoms with Crippen molar-refractivity contribution in [2.24, 2.45) is 5.73 Å². The molecule has 2 N–H and O–H groups in total. The molecule has 0 spiro atoms. The minimum atomic E-state index is -2.32. The number of carbonyl (C=O) groups is 1. The number of rotatable bonds is 2. The van der Waals surface area contributed by atoms with Crippen LogP contribution in [-0.4, -0.2) is 14.7 Å². The summed E-state index contributed by atoms with van der Waals surface area (Å²) in [5.41, 5.74) is 5.95. The van der Waals surface area contributed by atoms with Crippen molar-refractivity contribution in [1.29, 1.82) is 0 Å². The van der Waals surface area contributed by atoms with Gasteiger partial charge in [-0.05, 0) is 35.7 Å². The van der Waals surface area contributed by atoms with Gasteiger partial charge in [-0.25, -0.2) is 0 Å². The molecule has 1 unspecified atom stereocenters. The first-order chi connectivity index (χ1) is 6.02. The normalized spacial score (nSPS) is 12.5. The van der Waals surface area contributed by atoms with Crippen molar-refractivity contribution in [3.63, 3.8) is 0 Å². The van der Waals surface area contributed by atoms with Crippen LogP contribution < -0.4 is 5.73 Å². The number of hydrogen-bond donors (Lipinski definition) is 1. The third kappa shape index (κ3) is 2.13. The summed E-state index contributed by atoms with van der Waals surface area (Å²) in [6.45, 7) is 1.69. The van der Waals surface area contributed by atoms with Gasteiger partial charge in [0.25, 0.3) is 0 Å². The molecule has 5 heteroatoms. The quantitative estimate of drug-likeness (QED) is 0.695. The van der Waals surface area contributed by atoms with Crippen LogP contribution in [0.25, 0.3) is 0 Å². The fraction of sp³-hybridized carbons (Fsp3) is 0.125. The van der Waals surface area contributed by atoms with Gasteiger partial charge in [0.05, 0.1) is 0 Å². The van der Waals surface area contributed by atoms with Crippen LogP contribution in [0.4, 0.5) is 0 Å². The molecule has 13 heavy (non-hydrogen) atoms. The van der Waals surface area contributed by atoms with Crippen molar-refractivity contribution in [2.75, 3.05) is 0 Å². The van der Waals surface area contributed by atoms with Crippen LogP contribution >= 0.6 is 0 Å². The first-order valence-electron chi connectivity index (χ1n) is 3.52. The minimum Gasteiger partial charge on any atom is -0.768 e. The van der Waals surface area contributed by atoms with E-state index in [2.05, 4.69) is 0 Å². The number of benzene rings is 1. The third-order valence-corrected chi connectivity index (χ3v) is 2.31. The second kappa shape index (κ2) is 3.68. The van der Waals surface area contributed by atoms with Crippen LogP contribution in [0.3, 0.4) is 0 Å². The van der Waals surface area contributed by atoms with Crippen molar-refractivity contribution >= 4 is 17.0 Å². The molecule has 1 atom stereocenters. The number of hydrogen-bond acceptors (Lipinski definition) is 3. The molecule has 0 heterocycles. The summed E-state index contributed by atoms with van der Waals surface area (Å²) in [5.74, 6) is -0.621. The van der Waals surface area contributed by atoms with E-state index < -0.39 is 17.0 Å². The Balaban J connectivity index is 3.27. The van der Waals surface area contributed by atoms with E-state index in [9.17, 15) is 13.6 Å². The summed E-state index contributed by atoms with van der Waals surface area (Å²) in [4.78, 5) is 10.9. The van der Waals surface area contributed by atoms with E-state index in [0.717, 1.165) is 0 Å². The predicted molar refractivity (Wildman–Crippen MR) is 46.9 cm³/mol. The largest absolute Gasteiger partial charge is 0.768 e. The van der Waals surface area contributed by atoms with Gasteiger partial charge in [-0.15, -0.1) is 0 Å². The van der Waals surface area contributed by atoms with Gasteiger partial charge < -0.3 is 10.3 Å². The van der Waals surface area contributed by atoms with E-state index in [0.29, 0.717) is 5.56 Å². The van der Waals surface area contributed by atoms with Gasteiger partial charge in [-0.1, -0.05) is 6.07 Å². The van der Waals surface area contributed by atoms with Crippen LogP contribution in [0.1, 0.15) is 15.9 Å². The summed E-state index contributed by atoms with van der Waals surface area (Å²) >= 11 is -2.32. The summed E-state index contributed by atoms with van der Waals surface area (Å²) in [6.07, 6.45) is 0. The number of nitrogens with two attached hydrogens (primary N) is 1. The van der Waals surface area contributed by atoms with Gasteiger partial charge in [-0.2, -0.15) is 0 Å². The molecule has 0 saturated heterocycles. The summed E-state index contributed by atoms with van der Waals surface area (Å²) < 4.78 is 21.1. The molecule has 0 aliphatic rings. The zero-order chi connectivity index (χ0) is 10.0. The lowest BCUT2D eigenvalue weighted by Gasteiger charge is -2.07. The smallest absolute Gasteiger partial charge is 0.249 e. The lowest BCUT2D eigenvalue weighted by Crippen LogP contribution is -2.13. The van der Waals surface area contributed by atoms with Crippen LogP contribution in [0.15, 0.2) is 23.1 Å². The van der Waals surface area contributed by atoms with Crippen molar-refractivity contribution in [1.82, 2.24) is 0 Å². The topological polar surface area (TPSA) is 83.2 Å². The monoisotopic (exact) mass is 198 g/mol. The maximum Gasteiger partial charge on any atom is 0.249 e. The molecule has 0 bridgehead atoms. The van der Waals surface area contributed by atoms with Gasteiger partial charge in [0, 0.05) is 10.5 Å². The van der Waals surface area contributed by atoms with Gasteiger partial charge in [0.1, 0.15) is 0 Å². The molecule has 0 fully saturated rings. The highest BCUT2D eigenvalue weighted by Crippen LogP contribution is 2.12. The second-order valence-corrected chi connectivity index (χ2v) is 3.52. The van der Waals surface area contributed by atoms with Crippen molar-refractivity contribution < 1.29 is 13.6 Å². The molecule has 1 aromatic carbocycles. The Hall–Kier alpha value is -1.20. The van der Waals surface area contributed by atoms with Crippen LogP contribution in [-0.2, 0) is 11.1 Å². The summed E-state index contributed by atoms with van der Waals surface area (Å²) in [7, 11) is 0. The summed E-state index contributed by atoms with van der Waals surface area (Å²) in [5, 5.41) is 0. The van der Waals surface area contributed by atoms with E-state index in [1.54, 1.807) is 13.0 Å². The van der Waals surface area contributed by atoms with Gasteiger partial charge in [-0.3, -0.25) is 9.00 Å². The predicted octanol–water partition coefficient (Wildman–Crippen LogP) is 0.332. The lowest BCUT2D eigenvalue weighted by atomic mass is 10.1. The van der Waals surface area contributed by atoms with E-state index in [1.807, 2.05) is 0 Å².